The van der Waals surface area contributed by atoms with Gasteiger partial charge in [0.2, 0.25) is 10.0 Å². The van der Waals surface area contributed by atoms with Crippen molar-refractivity contribution < 1.29 is 21.6 Å². The monoisotopic (exact) mass is 547 g/mol. The molecule has 0 radical (unpaired) electrons. The van der Waals surface area contributed by atoms with Crippen molar-refractivity contribution in [3.8, 4) is 0 Å². The lowest BCUT2D eigenvalue weighted by molar-refractivity contribution is 0.102. The number of rotatable bonds is 7. The van der Waals surface area contributed by atoms with E-state index >= 15 is 0 Å². The zero-order valence-electron chi connectivity index (χ0n) is 19.6. The van der Waals surface area contributed by atoms with Crippen molar-refractivity contribution in [3.05, 3.63) is 82.9 Å². The average molecular weight is 548 g/mol. The van der Waals surface area contributed by atoms with E-state index in [0.717, 1.165) is 24.8 Å². The third-order valence-electron chi connectivity index (χ3n) is 5.86. The molecule has 0 bridgehead atoms. The molecular formula is C25H26ClN3O5S2. The van der Waals surface area contributed by atoms with E-state index < -0.39 is 26.0 Å². The second kappa shape index (κ2) is 10.6. The van der Waals surface area contributed by atoms with Crippen LogP contribution in [0.4, 0.5) is 11.4 Å². The molecule has 190 valence electrons. The normalized spacial score (nSPS) is 14.8. The quantitative estimate of drug-likeness (QED) is 0.438. The molecule has 0 aliphatic carbocycles. The first-order valence-corrected chi connectivity index (χ1v) is 14.7. The summed E-state index contributed by atoms with van der Waals surface area (Å²) >= 11 is 6.28. The second-order valence-electron chi connectivity index (χ2n) is 8.56. The molecule has 3 aromatic carbocycles. The van der Waals surface area contributed by atoms with Gasteiger partial charge in [0.15, 0.2) is 0 Å². The summed E-state index contributed by atoms with van der Waals surface area (Å²) in [6.45, 7) is 2.88. The zero-order valence-corrected chi connectivity index (χ0v) is 22.0. The minimum atomic E-state index is -3.81. The van der Waals surface area contributed by atoms with Crippen LogP contribution in [0.5, 0.6) is 0 Å². The van der Waals surface area contributed by atoms with Gasteiger partial charge in [-0.3, -0.25) is 9.52 Å². The molecule has 0 unspecified atom stereocenters. The Morgan fingerprint density at radius 1 is 0.806 bits per heavy atom. The van der Waals surface area contributed by atoms with E-state index in [0.29, 0.717) is 18.8 Å². The lowest BCUT2D eigenvalue weighted by Crippen LogP contribution is -2.35. The van der Waals surface area contributed by atoms with Gasteiger partial charge in [-0.05, 0) is 74.4 Å². The van der Waals surface area contributed by atoms with E-state index in [-0.39, 0.29) is 26.1 Å². The smallest absolute Gasteiger partial charge is 0.261 e. The number of hydrogen-bond donors (Lipinski definition) is 2. The highest BCUT2D eigenvalue weighted by Gasteiger charge is 2.26. The van der Waals surface area contributed by atoms with E-state index in [4.69, 9.17) is 11.6 Å². The number of piperidine rings is 1. The maximum Gasteiger partial charge on any atom is 0.261 e. The fourth-order valence-electron chi connectivity index (χ4n) is 3.86. The van der Waals surface area contributed by atoms with Crippen LogP contribution in [0.15, 0.2) is 76.5 Å². The highest BCUT2D eigenvalue weighted by Crippen LogP contribution is 2.26. The standard InChI is InChI=1S/C25H26ClN3O5S2/c1-18-5-10-21(11-6-18)35(31,32)28-20-9-14-23(24(26)17-20)25(30)27-19-7-12-22(13-8-19)36(33,34)29-15-3-2-4-16-29/h5-14,17,28H,2-4,15-16H2,1H3,(H,27,30). The Labute approximate surface area is 216 Å². The number of halogens is 1. The minimum absolute atomic E-state index is 0.0564. The zero-order chi connectivity index (χ0) is 25.9. The van der Waals surface area contributed by atoms with Crippen LogP contribution in [-0.2, 0) is 20.0 Å². The van der Waals surface area contributed by atoms with Crippen LogP contribution in [0.2, 0.25) is 5.02 Å². The van der Waals surface area contributed by atoms with Crippen LogP contribution in [0.25, 0.3) is 0 Å². The van der Waals surface area contributed by atoms with E-state index in [2.05, 4.69) is 10.0 Å². The molecular weight excluding hydrogens is 522 g/mol. The summed E-state index contributed by atoms with van der Waals surface area (Å²) in [5, 5.41) is 2.74. The molecule has 36 heavy (non-hydrogen) atoms. The van der Waals surface area contributed by atoms with Gasteiger partial charge >= 0.3 is 0 Å². The molecule has 0 aromatic heterocycles. The first-order valence-electron chi connectivity index (χ1n) is 11.4. The van der Waals surface area contributed by atoms with Crippen molar-refractivity contribution in [3.63, 3.8) is 0 Å². The van der Waals surface area contributed by atoms with Gasteiger partial charge < -0.3 is 5.32 Å². The number of sulfonamides is 2. The Morgan fingerprint density at radius 2 is 1.39 bits per heavy atom. The molecule has 1 saturated heterocycles. The number of benzene rings is 3. The van der Waals surface area contributed by atoms with Crippen molar-refractivity contribution in [2.45, 2.75) is 36.0 Å². The summed E-state index contributed by atoms with van der Waals surface area (Å²) in [5.41, 5.74) is 1.69. The Bertz CT molecular complexity index is 1470. The predicted octanol–water partition coefficient (Wildman–Crippen LogP) is 4.88. The van der Waals surface area contributed by atoms with Crippen molar-refractivity contribution >= 4 is 48.9 Å². The van der Waals surface area contributed by atoms with Crippen molar-refractivity contribution in [1.29, 1.82) is 0 Å². The van der Waals surface area contributed by atoms with Crippen LogP contribution in [-0.4, -0.2) is 40.1 Å². The Morgan fingerprint density at radius 3 is 2.00 bits per heavy atom. The summed E-state index contributed by atoms with van der Waals surface area (Å²) in [5.74, 6) is -0.514. The Kier molecular flexibility index (Phi) is 7.70. The largest absolute Gasteiger partial charge is 0.322 e. The van der Waals surface area contributed by atoms with Gasteiger partial charge in [0.25, 0.3) is 15.9 Å². The second-order valence-corrected chi connectivity index (χ2v) is 12.6. The van der Waals surface area contributed by atoms with E-state index in [1.807, 2.05) is 6.92 Å². The molecule has 1 amide bonds. The van der Waals surface area contributed by atoms with Crippen LogP contribution < -0.4 is 10.0 Å². The van der Waals surface area contributed by atoms with Crippen LogP contribution in [0, 0.1) is 6.92 Å². The molecule has 1 aliphatic heterocycles. The summed E-state index contributed by atoms with van der Waals surface area (Å²) in [6, 6.07) is 16.6. The number of anilines is 2. The van der Waals surface area contributed by atoms with Gasteiger partial charge in [-0.1, -0.05) is 35.7 Å². The molecule has 0 atom stereocenters. The first-order chi connectivity index (χ1) is 17.1. The summed E-state index contributed by atoms with van der Waals surface area (Å²) in [4.78, 5) is 13.0. The van der Waals surface area contributed by atoms with Gasteiger partial charge in [0.1, 0.15) is 0 Å². The number of amides is 1. The molecule has 1 aliphatic rings. The lowest BCUT2D eigenvalue weighted by Gasteiger charge is -2.25. The molecule has 1 heterocycles. The fraction of sp³-hybridized carbons (Fsp3) is 0.240. The third-order valence-corrected chi connectivity index (χ3v) is 9.48. The maximum absolute atomic E-state index is 12.8. The number of aryl methyl sites for hydroxylation is 1. The maximum atomic E-state index is 12.8. The van der Waals surface area contributed by atoms with Gasteiger partial charge in [-0.2, -0.15) is 4.31 Å². The summed E-state index contributed by atoms with van der Waals surface area (Å²) in [7, 11) is -7.38. The van der Waals surface area contributed by atoms with Gasteiger partial charge in [-0.15, -0.1) is 0 Å². The molecule has 0 spiro atoms. The third kappa shape index (κ3) is 5.89. The topological polar surface area (TPSA) is 113 Å². The number of nitrogens with zero attached hydrogens (tertiary/aromatic N) is 1. The molecule has 4 rings (SSSR count). The highest BCUT2D eigenvalue weighted by atomic mass is 35.5. The Balaban J connectivity index is 1.44. The van der Waals surface area contributed by atoms with E-state index in [1.165, 1.54) is 58.9 Å². The highest BCUT2D eigenvalue weighted by molar-refractivity contribution is 7.92. The van der Waals surface area contributed by atoms with Crippen molar-refractivity contribution in [1.82, 2.24) is 4.31 Å². The summed E-state index contributed by atoms with van der Waals surface area (Å²) < 4.78 is 54.7. The number of nitrogens with one attached hydrogen (secondary N) is 2. The van der Waals surface area contributed by atoms with Gasteiger partial charge in [0.05, 0.1) is 26.1 Å². The number of carbonyl (C=O) groups excluding carboxylic acids is 1. The predicted molar refractivity (Wildman–Crippen MR) is 140 cm³/mol. The molecule has 3 aromatic rings. The van der Waals surface area contributed by atoms with E-state index in [9.17, 15) is 21.6 Å². The SMILES string of the molecule is Cc1ccc(S(=O)(=O)Nc2ccc(C(=O)Nc3ccc(S(=O)(=O)N4CCCCC4)cc3)c(Cl)c2)cc1. The molecule has 8 nitrogen and oxygen atoms in total. The molecule has 11 heteroatoms. The fourth-order valence-corrected chi connectivity index (χ4v) is 6.69. The van der Waals surface area contributed by atoms with E-state index in [1.54, 1.807) is 12.1 Å². The van der Waals surface area contributed by atoms with Crippen LogP contribution in [0.1, 0.15) is 35.2 Å². The molecule has 2 N–H and O–H groups in total. The number of hydrogen-bond acceptors (Lipinski definition) is 5. The van der Waals surface area contributed by atoms with Crippen molar-refractivity contribution in [2.24, 2.45) is 0 Å². The van der Waals surface area contributed by atoms with Crippen molar-refractivity contribution in [2.75, 3.05) is 23.1 Å². The molecule has 1 fully saturated rings. The first kappa shape index (κ1) is 26.2. The summed E-state index contributed by atoms with van der Waals surface area (Å²) in [6.07, 6.45) is 2.72. The van der Waals surface area contributed by atoms with Crippen LogP contribution in [0.3, 0.4) is 0 Å². The van der Waals surface area contributed by atoms with Gasteiger partial charge in [0, 0.05) is 18.8 Å². The minimum Gasteiger partial charge on any atom is -0.322 e. The average Bonchev–Trinajstić information content (AvgIpc) is 2.85. The Hall–Kier alpha value is -2.92. The number of carbonyl (C=O) groups is 1. The van der Waals surface area contributed by atoms with Crippen LogP contribution >= 0.6 is 11.6 Å². The van der Waals surface area contributed by atoms with Gasteiger partial charge in [-0.25, -0.2) is 16.8 Å². The molecule has 0 saturated carbocycles. The lowest BCUT2D eigenvalue weighted by atomic mass is 10.2.